The van der Waals surface area contributed by atoms with Gasteiger partial charge >= 0.3 is 0 Å². The molecule has 0 spiro atoms. The largest absolute Gasteiger partial charge is 0.310 e. The lowest BCUT2D eigenvalue weighted by atomic mass is 10.1. The minimum atomic E-state index is 0.816. The second-order valence-electron chi connectivity index (χ2n) is 4.51. The van der Waals surface area contributed by atoms with Crippen LogP contribution < -0.4 is 5.32 Å². The molecule has 0 aromatic carbocycles. The highest BCUT2D eigenvalue weighted by Gasteiger charge is 2.26. The molecule has 2 heteroatoms. The molecular formula is C11H21NS. The molecule has 13 heavy (non-hydrogen) atoms. The summed E-state index contributed by atoms with van der Waals surface area (Å²) in [5.74, 6) is 3.80. The van der Waals surface area contributed by atoms with Gasteiger partial charge in [0.15, 0.2) is 0 Å². The summed E-state index contributed by atoms with van der Waals surface area (Å²) >= 11 is 2.11. The molecule has 76 valence electrons. The van der Waals surface area contributed by atoms with Gasteiger partial charge in [-0.15, -0.1) is 0 Å². The van der Waals surface area contributed by atoms with Crippen molar-refractivity contribution in [2.75, 3.05) is 11.5 Å². The molecule has 0 aromatic rings. The third kappa shape index (κ3) is 3.17. The van der Waals surface area contributed by atoms with Crippen LogP contribution >= 0.6 is 11.8 Å². The number of thioether (sulfide) groups is 1. The minimum Gasteiger partial charge on any atom is -0.310 e. The van der Waals surface area contributed by atoms with Crippen molar-refractivity contribution in [2.45, 2.75) is 51.1 Å². The van der Waals surface area contributed by atoms with Crippen LogP contribution in [0, 0.1) is 5.92 Å². The summed E-state index contributed by atoms with van der Waals surface area (Å²) in [7, 11) is 0. The Morgan fingerprint density at radius 3 is 2.77 bits per heavy atom. The monoisotopic (exact) mass is 199 g/mol. The van der Waals surface area contributed by atoms with Crippen LogP contribution in [0.2, 0.25) is 0 Å². The molecule has 0 aromatic heterocycles. The van der Waals surface area contributed by atoms with Crippen molar-refractivity contribution in [1.29, 1.82) is 0 Å². The second kappa shape index (κ2) is 4.70. The van der Waals surface area contributed by atoms with Crippen LogP contribution in [0.15, 0.2) is 0 Å². The molecule has 1 aliphatic heterocycles. The molecule has 2 rings (SSSR count). The van der Waals surface area contributed by atoms with Crippen molar-refractivity contribution < 1.29 is 0 Å². The van der Waals surface area contributed by atoms with Crippen LogP contribution in [0.25, 0.3) is 0 Å². The Hall–Kier alpha value is 0.310. The lowest BCUT2D eigenvalue weighted by Crippen LogP contribution is -2.38. The van der Waals surface area contributed by atoms with Gasteiger partial charge in [0.05, 0.1) is 0 Å². The fourth-order valence-corrected chi connectivity index (χ4v) is 3.27. The van der Waals surface area contributed by atoms with Gasteiger partial charge in [0, 0.05) is 17.8 Å². The summed E-state index contributed by atoms with van der Waals surface area (Å²) < 4.78 is 0. The molecular weight excluding hydrogens is 178 g/mol. The highest BCUT2D eigenvalue weighted by atomic mass is 32.2. The van der Waals surface area contributed by atoms with E-state index in [0.29, 0.717) is 0 Å². The molecule has 1 nitrogen and oxygen atoms in total. The first-order valence-electron chi connectivity index (χ1n) is 5.72. The van der Waals surface area contributed by atoms with Crippen LogP contribution in [0.4, 0.5) is 0 Å². The first-order chi connectivity index (χ1) is 6.38. The zero-order chi connectivity index (χ0) is 9.10. The predicted molar refractivity (Wildman–Crippen MR) is 60.3 cm³/mol. The number of hydrogen-bond donors (Lipinski definition) is 1. The lowest BCUT2D eigenvalue weighted by Gasteiger charge is -2.21. The number of rotatable bonds is 5. The quantitative estimate of drug-likeness (QED) is 0.730. The average Bonchev–Trinajstić information content (AvgIpc) is 2.80. The van der Waals surface area contributed by atoms with Crippen LogP contribution in [0.5, 0.6) is 0 Å². The second-order valence-corrected chi connectivity index (χ2v) is 5.66. The molecule has 1 N–H and O–H groups in total. The van der Waals surface area contributed by atoms with E-state index in [9.17, 15) is 0 Å². The standard InChI is InChI=1S/C11H21NS/c1-2-10(7-9-3-4-9)12-11-5-6-13-8-11/h9-12H,2-8H2,1H3. The molecule has 0 bridgehead atoms. The molecule has 1 saturated carbocycles. The highest BCUT2D eigenvalue weighted by molar-refractivity contribution is 7.99. The van der Waals surface area contributed by atoms with E-state index in [4.69, 9.17) is 0 Å². The molecule has 1 heterocycles. The zero-order valence-electron chi connectivity index (χ0n) is 8.59. The molecule has 0 amide bonds. The summed E-state index contributed by atoms with van der Waals surface area (Å²) in [5, 5.41) is 3.82. The fourth-order valence-electron chi connectivity index (χ4n) is 2.11. The van der Waals surface area contributed by atoms with Crippen LogP contribution in [-0.4, -0.2) is 23.6 Å². The Bertz CT molecular complexity index is 150. The minimum absolute atomic E-state index is 0.816. The van der Waals surface area contributed by atoms with E-state index in [0.717, 1.165) is 18.0 Å². The molecule has 1 saturated heterocycles. The van der Waals surface area contributed by atoms with Crippen molar-refractivity contribution in [2.24, 2.45) is 5.92 Å². The average molecular weight is 199 g/mol. The van der Waals surface area contributed by atoms with Gasteiger partial charge in [-0.2, -0.15) is 11.8 Å². The Morgan fingerprint density at radius 2 is 2.23 bits per heavy atom. The maximum atomic E-state index is 3.82. The normalized spacial score (nSPS) is 30.7. The molecule has 2 aliphatic rings. The number of hydrogen-bond acceptors (Lipinski definition) is 2. The smallest absolute Gasteiger partial charge is 0.0168 e. The molecule has 2 unspecified atom stereocenters. The maximum absolute atomic E-state index is 3.82. The van der Waals surface area contributed by atoms with Crippen molar-refractivity contribution in [3.05, 3.63) is 0 Å². The first-order valence-corrected chi connectivity index (χ1v) is 6.87. The van der Waals surface area contributed by atoms with E-state index in [2.05, 4.69) is 24.0 Å². The van der Waals surface area contributed by atoms with Gasteiger partial charge < -0.3 is 5.32 Å². The lowest BCUT2D eigenvalue weighted by molar-refractivity contribution is 0.401. The molecule has 2 fully saturated rings. The van der Waals surface area contributed by atoms with Gasteiger partial charge in [0.2, 0.25) is 0 Å². The van der Waals surface area contributed by atoms with Gasteiger partial charge in [0.1, 0.15) is 0 Å². The summed E-state index contributed by atoms with van der Waals surface area (Å²) in [6, 6.07) is 1.64. The third-order valence-corrected chi connectivity index (χ3v) is 4.37. The predicted octanol–water partition coefficient (Wildman–Crippen LogP) is 2.66. The van der Waals surface area contributed by atoms with Crippen LogP contribution in [0.1, 0.15) is 39.0 Å². The van der Waals surface area contributed by atoms with Crippen LogP contribution in [0.3, 0.4) is 0 Å². The molecule has 1 aliphatic carbocycles. The fraction of sp³-hybridized carbons (Fsp3) is 1.00. The van der Waals surface area contributed by atoms with E-state index in [-0.39, 0.29) is 0 Å². The third-order valence-electron chi connectivity index (χ3n) is 3.21. The van der Waals surface area contributed by atoms with Gasteiger partial charge in [-0.25, -0.2) is 0 Å². The Kier molecular flexibility index (Phi) is 3.56. The first kappa shape index (κ1) is 9.85. The molecule has 2 atom stereocenters. The van der Waals surface area contributed by atoms with Crippen molar-refractivity contribution in [3.8, 4) is 0 Å². The van der Waals surface area contributed by atoms with E-state index in [1.165, 1.54) is 43.6 Å². The van der Waals surface area contributed by atoms with Gasteiger partial charge in [-0.1, -0.05) is 19.8 Å². The zero-order valence-corrected chi connectivity index (χ0v) is 9.41. The SMILES string of the molecule is CCC(CC1CC1)NC1CCSC1. The Labute approximate surface area is 86.0 Å². The van der Waals surface area contributed by atoms with E-state index < -0.39 is 0 Å². The Morgan fingerprint density at radius 1 is 1.38 bits per heavy atom. The van der Waals surface area contributed by atoms with Crippen molar-refractivity contribution >= 4 is 11.8 Å². The van der Waals surface area contributed by atoms with Gasteiger partial charge in [-0.3, -0.25) is 0 Å². The van der Waals surface area contributed by atoms with E-state index in [1.807, 2.05) is 0 Å². The maximum Gasteiger partial charge on any atom is 0.0168 e. The summed E-state index contributed by atoms with van der Waals surface area (Å²) in [5.41, 5.74) is 0. The van der Waals surface area contributed by atoms with Gasteiger partial charge in [-0.05, 0) is 30.9 Å². The summed E-state index contributed by atoms with van der Waals surface area (Å²) in [6.07, 6.45) is 7.15. The Balaban J connectivity index is 1.68. The van der Waals surface area contributed by atoms with E-state index >= 15 is 0 Å². The van der Waals surface area contributed by atoms with Crippen LogP contribution in [-0.2, 0) is 0 Å². The summed E-state index contributed by atoms with van der Waals surface area (Å²) in [4.78, 5) is 0. The van der Waals surface area contributed by atoms with Crippen molar-refractivity contribution in [1.82, 2.24) is 5.32 Å². The van der Waals surface area contributed by atoms with Crippen molar-refractivity contribution in [3.63, 3.8) is 0 Å². The highest BCUT2D eigenvalue weighted by Crippen LogP contribution is 2.34. The molecule has 0 radical (unpaired) electrons. The topological polar surface area (TPSA) is 12.0 Å². The number of nitrogens with one attached hydrogen (secondary N) is 1. The van der Waals surface area contributed by atoms with E-state index in [1.54, 1.807) is 0 Å². The summed E-state index contributed by atoms with van der Waals surface area (Å²) in [6.45, 7) is 2.32. The van der Waals surface area contributed by atoms with Gasteiger partial charge in [0.25, 0.3) is 0 Å².